The van der Waals surface area contributed by atoms with E-state index in [1.807, 2.05) is 6.07 Å². The molecule has 2 aromatic heterocycles. The fourth-order valence-electron chi connectivity index (χ4n) is 3.39. The Hall–Kier alpha value is -4.01. The number of imide groups is 1. The Morgan fingerprint density at radius 1 is 1.18 bits per heavy atom. The van der Waals surface area contributed by atoms with Crippen LogP contribution in [0.25, 0.3) is 17.4 Å². The van der Waals surface area contributed by atoms with Crippen LogP contribution in [0.15, 0.2) is 74.0 Å². The molecule has 34 heavy (non-hydrogen) atoms. The molecular formula is C23H18N4O5S2. The average molecular weight is 495 g/mol. The molecule has 0 bridgehead atoms. The summed E-state index contributed by atoms with van der Waals surface area (Å²) in [6.07, 6.45) is 3.00. The highest BCUT2D eigenvalue weighted by atomic mass is 32.2. The van der Waals surface area contributed by atoms with Crippen LogP contribution in [0.1, 0.15) is 19.6 Å². The maximum Gasteiger partial charge on any atom is 0.271 e. The number of thiazole rings is 1. The zero-order valence-corrected chi connectivity index (χ0v) is 19.7. The van der Waals surface area contributed by atoms with Gasteiger partial charge in [0.05, 0.1) is 4.90 Å². The van der Waals surface area contributed by atoms with E-state index in [0.29, 0.717) is 22.7 Å². The fourth-order valence-corrected chi connectivity index (χ4v) is 5.18. The molecule has 4 rings (SSSR count). The molecule has 1 N–H and O–H groups in total. The largest absolute Gasteiger partial charge is 0.457 e. The fraction of sp³-hybridized carbons (Fsp3) is 0.130. The molecule has 11 heteroatoms. The Labute approximate surface area is 199 Å². The van der Waals surface area contributed by atoms with Crippen LogP contribution in [-0.2, 0) is 19.6 Å². The molecule has 3 heterocycles. The summed E-state index contributed by atoms with van der Waals surface area (Å²) in [6.45, 7) is 3.35. The van der Waals surface area contributed by atoms with Gasteiger partial charge in [0, 0.05) is 29.3 Å². The second-order valence-corrected chi connectivity index (χ2v) is 9.77. The number of benzene rings is 1. The summed E-state index contributed by atoms with van der Waals surface area (Å²) in [6, 6.07) is 11.3. The van der Waals surface area contributed by atoms with E-state index in [1.165, 1.54) is 35.7 Å². The minimum atomic E-state index is -3.77. The van der Waals surface area contributed by atoms with Gasteiger partial charge in [-0.1, -0.05) is 0 Å². The Morgan fingerprint density at radius 2 is 1.91 bits per heavy atom. The molecule has 0 spiro atoms. The molecule has 0 saturated heterocycles. The van der Waals surface area contributed by atoms with Crippen molar-refractivity contribution in [2.45, 2.75) is 18.7 Å². The second kappa shape index (κ2) is 9.09. The van der Waals surface area contributed by atoms with Gasteiger partial charge in [0.15, 0.2) is 5.13 Å². The second-order valence-electron chi connectivity index (χ2n) is 7.19. The highest BCUT2D eigenvalue weighted by molar-refractivity contribution is 7.93. The number of hydrogen-bond donors (Lipinski definition) is 1. The van der Waals surface area contributed by atoms with Crippen molar-refractivity contribution in [2.24, 2.45) is 0 Å². The number of nitriles is 1. The first-order valence-corrected chi connectivity index (χ1v) is 12.4. The summed E-state index contributed by atoms with van der Waals surface area (Å²) in [5, 5.41) is 11.3. The van der Waals surface area contributed by atoms with E-state index in [2.05, 4.69) is 9.71 Å². The van der Waals surface area contributed by atoms with Gasteiger partial charge in [-0.2, -0.15) is 5.26 Å². The van der Waals surface area contributed by atoms with Gasteiger partial charge in [-0.3, -0.25) is 19.2 Å². The quantitative estimate of drug-likeness (QED) is 0.407. The van der Waals surface area contributed by atoms with Crippen LogP contribution in [0.2, 0.25) is 0 Å². The number of nitrogens with zero attached hydrogens (tertiary/aromatic N) is 3. The molecule has 172 valence electrons. The summed E-state index contributed by atoms with van der Waals surface area (Å²) in [7, 11) is -3.77. The zero-order chi connectivity index (χ0) is 24.5. The average Bonchev–Trinajstić information content (AvgIpc) is 3.49. The topological polar surface area (TPSA) is 133 Å². The summed E-state index contributed by atoms with van der Waals surface area (Å²) in [5.41, 5.74) is 1.04. The monoisotopic (exact) mass is 494 g/mol. The summed E-state index contributed by atoms with van der Waals surface area (Å²) in [4.78, 5) is 30.1. The zero-order valence-electron chi connectivity index (χ0n) is 18.1. The predicted molar refractivity (Wildman–Crippen MR) is 126 cm³/mol. The molecule has 0 atom stereocenters. The van der Waals surface area contributed by atoms with Crippen LogP contribution in [0, 0.1) is 11.3 Å². The smallest absolute Gasteiger partial charge is 0.271 e. The maximum absolute atomic E-state index is 12.8. The number of likely N-dealkylation sites (N-methyl/N-ethyl adjacent to an activating group) is 1. The van der Waals surface area contributed by atoms with Crippen molar-refractivity contribution in [1.29, 1.82) is 5.26 Å². The molecule has 1 aliphatic rings. The van der Waals surface area contributed by atoms with Crippen LogP contribution >= 0.6 is 11.3 Å². The molecule has 1 aromatic carbocycles. The van der Waals surface area contributed by atoms with E-state index in [9.17, 15) is 23.3 Å². The third-order valence-corrected chi connectivity index (χ3v) is 7.33. The maximum atomic E-state index is 12.8. The van der Waals surface area contributed by atoms with E-state index in [-0.39, 0.29) is 27.7 Å². The van der Waals surface area contributed by atoms with Gasteiger partial charge in [-0.25, -0.2) is 13.4 Å². The number of carbonyl (C=O) groups excluding carboxylic acids is 2. The first-order chi connectivity index (χ1) is 16.2. The summed E-state index contributed by atoms with van der Waals surface area (Å²) >= 11 is 1.18. The van der Waals surface area contributed by atoms with Crippen LogP contribution in [0.5, 0.6) is 0 Å². The van der Waals surface area contributed by atoms with Crippen molar-refractivity contribution in [3.8, 4) is 17.4 Å². The number of carbonyl (C=O) groups is 2. The van der Waals surface area contributed by atoms with Crippen molar-refractivity contribution < 1.29 is 22.4 Å². The van der Waals surface area contributed by atoms with Gasteiger partial charge in [0.2, 0.25) is 0 Å². The lowest BCUT2D eigenvalue weighted by atomic mass is 9.95. The standard InChI is InChI=1S/C23H18N4O5S2/c1-3-27-21(28)18(14(2)19(13-24)22(27)29)12-16-6-9-20(32-16)15-4-7-17(8-5-15)34(30,31)26-23-25-10-11-33-23/h4-12H,3H2,1-2H3,(H,25,26)/b18-12+. The van der Waals surface area contributed by atoms with Gasteiger partial charge in [-0.05, 0) is 61.9 Å². The molecule has 0 saturated carbocycles. The minimum absolute atomic E-state index is 0.0715. The predicted octanol–water partition coefficient (Wildman–Crippen LogP) is 3.82. The van der Waals surface area contributed by atoms with Crippen LogP contribution in [0.4, 0.5) is 5.13 Å². The number of rotatable bonds is 6. The lowest BCUT2D eigenvalue weighted by Crippen LogP contribution is -2.42. The third-order valence-electron chi connectivity index (χ3n) is 5.16. The van der Waals surface area contributed by atoms with Gasteiger partial charge >= 0.3 is 0 Å². The van der Waals surface area contributed by atoms with Crippen molar-refractivity contribution in [2.75, 3.05) is 11.3 Å². The molecule has 1 aliphatic heterocycles. The summed E-state index contributed by atoms with van der Waals surface area (Å²) in [5.74, 6) is -0.298. The number of amides is 2. The van der Waals surface area contributed by atoms with E-state index in [1.54, 1.807) is 43.5 Å². The molecule has 3 aromatic rings. The first-order valence-electron chi connectivity index (χ1n) is 10.1. The Morgan fingerprint density at radius 3 is 2.53 bits per heavy atom. The van der Waals surface area contributed by atoms with Crippen LogP contribution in [0.3, 0.4) is 0 Å². The van der Waals surface area contributed by atoms with E-state index >= 15 is 0 Å². The van der Waals surface area contributed by atoms with E-state index in [4.69, 9.17) is 4.42 Å². The highest BCUT2D eigenvalue weighted by Crippen LogP contribution is 2.30. The van der Waals surface area contributed by atoms with Gasteiger partial charge in [0.1, 0.15) is 23.2 Å². The first kappa shape index (κ1) is 23.2. The SMILES string of the molecule is CCN1C(=O)C(C#N)=C(C)/C(=C\c2ccc(-c3ccc(S(=O)(=O)Nc4nccs4)cc3)o2)C1=O. The molecule has 2 amide bonds. The number of hydrogen-bond acceptors (Lipinski definition) is 8. The number of aromatic nitrogens is 1. The van der Waals surface area contributed by atoms with Crippen molar-refractivity contribution in [1.82, 2.24) is 9.88 Å². The van der Waals surface area contributed by atoms with Crippen LogP contribution < -0.4 is 4.72 Å². The molecule has 9 nitrogen and oxygen atoms in total. The normalized spacial score (nSPS) is 15.7. The van der Waals surface area contributed by atoms with Crippen molar-refractivity contribution in [3.63, 3.8) is 0 Å². The summed E-state index contributed by atoms with van der Waals surface area (Å²) < 4.78 is 33.2. The van der Waals surface area contributed by atoms with E-state index in [0.717, 1.165) is 4.90 Å². The Bertz CT molecular complexity index is 1470. The lowest BCUT2D eigenvalue weighted by molar-refractivity contribution is -0.140. The molecular weight excluding hydrogens is 476 g/mol. The van der Waals surface area contributed by atoms with Gasteiger partial charge in [-0.15, -0.1) is 11.3 Å². The molecule has 0 radical (unpaired) electrons. The Kier molecular flexibility index (Phi) is 6.19. The lowest BCUT2D eigenvalue weighted by Gasteiger charge is -2.25. The number of anilines is 1. The van der Waals surface area contributed by atoms with Gasteiger partial charge in [0.25, 0.3) is 21.8 Å². The molecule has 0 unspecified atom stereocenters. The highest BCUT2D eigenvalue weighted by Gasteiger charge is 2.34. The number of nitrogens with one attached hydrogen (secondary N) is 1. The van der Waals surface area contributed by atoms with Gasteiger partial charge < -0.3 is 4.42 Å². The van der Waals surface area contributed by atoms with Crippen molar-refractivity contribution in [3.05, 3.63) is 70.5 Å². The van der Waals surface area contributed by atoms with Crippen molar-refractivity contribution >= 4 is 44.4 Å². The molecule has 0 fully saturated rings. The number of sulfonamides is 1. The Balaban J connectivity index is 1.61. The minimum Gasteiger partial charge on any atom is -0.457 e. The van der Waals surface area contributed by atoms with Crippen LogP contribution in [-0.4, -0.2) is 36.7 Å². The number of furan rings is 1. The molecule has 0 aliphatic carbocycles. The third kappa shape index (κ3) is 4.28. The van der Waals surface area contributed by atoms with E-state index < -0.39 is 21.8 Å².